The molecule has 0 fully saturated rings. The van der Waals surface area contributed by atoms with Crippen molar-refractivity contribution in [2.75, 3.05) is 18.7 Å². The number of fused-ring (bicyclic) bond motifs is 1. The molecule has 2 aromatic rings. The van der Waals surface area contributed by atoms with E-state index in [1.807, 2.05) is 0 Å². The first-order valence-electron chi connectivity index (χ1n) is 7.80. The monoisotopic (exact) mass is 361 g/mol. The summed E-state index contributed by atoms with van der Waals surface area (Å²) in [4.78, 5) is 23.9. The molecule has 1 aliphatic heterocycles. The number of para-hydroxylation sites is 1. The molecule has 0 aliphatic carbocycles. The molecule has 7 nitrogen and oxygen atoms in total. The van der Waals surface area contributed by atoms with Crippen molar-refractivity contribution in [3.63, 3.8) is 0 Å². The smallest absolute Gasteiger partial charge is 0.344 e. The summed E-state index contributed by atoms with van der Waals surface area (Å²) >= 11 is 0. The average molecular weight is 361 g/mol. The molecule has 26 heavy (non-hydrogen) atoms. The number of benzene rings is 2. The molecule has 1 heterocycles. The van der Waals surface area contributed by atoms with Gasteiger partial charge in [-0.3, -0.25) is 4.79 Å². The van der Waals surface area contributed by atoms with E-state index in [0.717, 1.165) is 0 Å². The van der Waals surface area contributed by atoms with E-state index in [1.54, 1.807) is 24.3 Å². The quantitative estimate of drug-likeness (QED) is 0.796. The van der Waals surface area contributed by atoms with E-state index < -0.39 is 30.4 Å². The van der Waals surface area contributed by atoms with Crippen molar-refractivity contribution in [1.82, 2.24) is 0 Å². The molecule has 1 N–H and O–H groups in total. The third-order valence-electron chi connectivity index (χ3n) is 3.50. The molecule has 8 heteroatoms. The van der Waals surface area contributed by atoms with Crippen LogP contribution in [0.2, 0.25) is 0 Å². The van der Waals surface area contributed by atoms with Crippen LogP contribution in [0.1, 0.15) is 6.92 Å². The Morgan fingerprint density at radius 3 is 2.77 bits per heavy atom. The third kappa shape index (κ3) is 4.21. The molecule has 0 bridgehead atoms. The van der Waals surface area contributed by atoms with Crippen LogP contribution in [0.15, 0.2) is 42.5 Å². The van der Waals surface area contributed by atoms with Crippen LogP contribution in [-0.4, -0.2) is 31.4 Å². The summed E-state index contributed by atoms with van der Waals surface area (Å²) in [6.45, 7) is 1.04. The van der Waals surface area contributed by atoms with Crippen LogP contribution in [0.5, 0.6) is 17.2 Å². The van der Waals surface area contributed by atoms with Crippen LogP contribution in [-0.2, 0) is 14.3 Å². The molecule has 0 saturated carbocycles. The number of halogens is 1. The van der Waals surface area contributed by atoms with Crippen LogP contribution in [0.25, 0.3) is 0 Å². The minimum atomic E-state index is -1.06. The largest absolute Gasteiger partial charge is 0.479 e. The standard InChI is InChI=1S/C18H16FNO6/c1-11(26-17(21)9-23-14-5-3-2-4-13(14)19)18(22)20-12-6-7-15-16(8-12)25-10-24-15/h2-8,11H,9-10H2,1H3,(H,20,22)/t11-/m0/s1. The normalized spacial score (nSPS) is 13.0. The summed E-state index contributed by atoms with van der Waals surface area (Å²) in [5, 5.41) is 2.61. The van der Waals surface area contributed by atoms with Crippen molar-refractivity contribution in [3.05, 3.63) is 48.3 Å². The van der Waals surface area contributed by atoms with Crippen LogP contribution in [0.3, 0.4) is 0 Å². The number of rotatable bonds is 6. The lowest BCUT2D eigenvalue weighted by Crippen LogP contribution is -2.31. The number of carbonyl (C=O) groups is 2. The number of esters is 1. The molecule has 1 amide bonds. The van der Waals surface area contributed by atoms with Crippen molar-refractivity contribution in [2.45, 2.75) is 13.0 Å². The molecular weight excluding hydrogens is 345 g/mol. The maximum atomic E-state index is 13.4. The Morgan fingerprint density at radius 1 is 1.19 bits per heavy atom. The summed E-state index contributed by atoms with van der Waals surface area (Å²) in [6, 6.07) is 10.6. The third-order valence-corrected chi connectivity index (χ3v) is 3.50. The Morgan fingerprint density at radius 2 is 1.96 bits per heavy atom. The van der Waals surface area contributed by atoms with E-state index in [9.17, 15) is 14.0 Å². The Bertz CT molecular complexity index is 825. The Hall–Kier alpha value is -3.29. The Balaban J connectivity index is 1.49. The minimum Gasteiger partial charge on any atom is -0.479 e. The number of anilines is 1. The molecule has 2 aromatic carbocycles. The molecule has 3 rings (SSSR count). The SMILES string of the molecule is C[C@H](OC(=O)COc1ccccc1F)C(=O)Nc1ccc2c(c1)OCO2. The van der Waals surface area contributed by atoms with Crippen molar-refractivity contribution >= 4 is 17.6 Å². The number of ether oxygens (including phenoxy) is 4. The van der Waals surface area contributed by atoms with Crippen molar-refractivity contribution in [3.8, 4) is 17.2 Å². The highest BCUT2D eigenvalue weighted by atomic mass is 19.1. The maximum absolute atomic E-state index is 13.4. The van der Waals surface area contributed by atoms with Gasteiger partial charge in [-0.1, -0.05) is 12.1 Å². The van der Waals surface area contributed by atoms with Gasteiger partial charge in [0, 0.05) is 11.8 Å². The van der Waals surface area contributed by atoms with Gasteiger partial charge in [0.25, 0.3) is 5.91 Å². The zero-order valence-corrected chi connectivity index (χ0v) is 13.9. The van der Waals surface area contributed by atoms with Gasteiger partial charge in [-0.05, 0) is 31.2 Å². The van der Waals surface area contributed by atoms with E-state index >= 15 is 0 Å². The molecule has 0 unspecified atom stereocenters. The highest BCUT2D eigenvalue weighted by molar-refractivity contribution is 5.95. The molecule has 1 aliphatic rings. The van der Waals surface area contributed by atoms with Gasteiger partial charge >= 0.3 is 5.97 Å². The zero-order valence-electron chi connectivity index (χ0n) is 13.9. The molecular formula is C18H16FNO6. The highest BCUT2D eigenvalue weighted by Crippen LogP contribution is 2.34. The molecule has 0 saturated heterocycles. The number of hydrogen-bond acceptors (Lipinski definition) is 6. The molecule has 0 spiro atoms. The summed E-state index contributed by atoms with van der Waals surface area (Å²) in [5.41, 5.74) is 0.477. The summed E-state index contributed by atoms with van der Waals surface area (Å²) in [6.07, 6.45) is -1.06. The second-order valence-corrected chi connectivity index (χ2v) is 5.41. The number of amides is 1. The topological polar surface area (TPSA) is 83.1 Å². The number of nitrogens with one attached hydrogen (secondary N) is 1. The van der Waals surface area contributed by atoms with Crippen LogP contribution >= 0.6 is 0 Å². The van der Waals surface area contributed by atoms with Gasteiger partial charge in [0.2, 0.25) is 6.79 Å². The van der Waals surface area contributed by atoms with Gasteiger partial charge in [0.15, 0.2) is 35.8 Å². The van der Waals surface area contributed by atoms with Crippen LogP contribution < -0.4 is 19.5 Å². The molecule has 1 atom stereocenters. The van der Waals surface area contributed by atoms with E-state index in [-0.39, 0.29) is 12.5 Å². The fraction of sp³-hybridized carbons (Fsp3) is 0.222. The van der Waals surface area contributed by atoms with E-state index in [1.165, 1.54) is 25.1 Å². The molecule has 0 radical (unpaired) electrons. The summed E-state index contributed by atoms with van der Waals surface area (Å²) in [7, 11) is 0. The lowest BCUT2D eigenvalue weighted by atomic mass is 10.2. The first-order valence-corrected chi connectivity index (χ1v) is 7.80. The Labute approximate surface area is 148 Å². The van der Waals surface area contributed by atoms with Crippen LogP contribution in [0, 0.1) is 5.82 Å². The predicted molar refractivity (Wildman–Crippen MR) is 88.6 cm³/mol. The predicted octanol–water partition coefficient (Wildman–Crippen LogP) is 2.50. The van der Waals surface area contributed by atoms with Gasteiger partial charge in [-0.2, -0.15) is 0 Å². The average Bonchev–Trinajstić information content (AvgIpc) is 3.08. The molecule has 136 valence electrons. The maximum Gasteiger partial charge on any atom is 0.344 e. The Kier molecular flexibility index (Phi) is 5.21. The van der Waals surface area contributed by atoms with Gasteiger partial charge in [0.1, 0.15) is 0 Å². The van der Waals surface area contributed by atoms with Gasteiger partial charge in [0.05, 0.1) is 0 Å². The number of hydrogen-bond donors (Lipinski definition) is 1. The van der Waals surface area contributed by atoms with E-state index in [2.05, 4.69) is 5.32 Å². The summed E-state index contributed by atoms with van der Waals surface area (Å²) in [5.74, 6) is -0.862. The molecule has 0 aromatic heterocycles. The van der Waals surface area contributed by atoms with Gasteiger partial charge in [-0.25, -0.2) is 9.18 Å². The van der Waals surface area contributed by atoms with E-state index in [4.69, 9.17) is 18.9 Å². The summed E-state index contributed by atoms with van der Waals surface area (Å²) < 4.78 is 33.8. The fourth-order valence-electron chi connectivity index (χ4n) is 2.20. The minimum absolute atomic E-state index is 0.0677. The van der Waals surface area contributed by atoms with Crippen molar-refractivity contribution in [1.29, 1.82) is 0 Å². The lowest BCUT2D eigenvalue weighted by molar-refractivity contribution is -0.155. The first kappa shape index (κ1) is 17.5. The highest BCUT2D eigenvalue weighted by Gasteiger charge is 2.20. The number of carbonyl (C=O) groups excluding carboxylic acids is 2. The van der Waals surface area contributed by atoms with Crippen LogP contribution in [0.4, 0.5) is 10.1 Å². The first-order chi connectivity index (χ1) is 12.5. The van der Waals surface area contributed by atoms with Gasteiger partial charge < -0.3 is 24.3 Å². The zero-order chi connectivity index (χ0) is 18.5. The van der Waals surface area contributed by atoms with Gasteiger partial charge in [-0.15, -0.1) is 0 Å². The fourth-order valence-corrected chi connectivity index (χ4v) is 2.20. The van der Waals surface area contributed by atoms with Crippen molar-refractivity contribution < 1.29 is 32.9 Å². The second-order valence-electron chi connectivity index (χ2n) is 5.41. The van der Waals surface area contributed by atoms with Crippen molar-refractivity contribution in [2.24, 2.45) is 0 Å². The van der Waals surface area contributed by atoms with E-state index in [0.29, 0.717) is 17.2 Å². The lowest BCUT2D eigenvalue weighted by Gasteiger charge is -2.14. The second kappa shape index (κ2) is 7.73.